The molecule has 1 aromatic carbocycles. The summed E-state index contributed by atoms with van der Waals surface area (Å²) in [4.78, 5) is 25.5. The van der Waals surface area contributed by atoms with Crippen molar-refractivity contribution in [1.29, 1.82) is 0 Å². The van der Waals surface area contributed by atoms with Crippen LogP contribution in [0.15, 0.2) is 24.3 Å². The van der Waals surface area contributed by atoms with Gasteiger partial charge in [-0.3, -0.25) is 4.79 Å². The molecule has 5 nitrogen and oxygen atoms in total. The van der Waals surface area contributed by atoms with Gasteiger partial charge in [0, 0.05) is 32.6 Å². The van der Waals surface area contributed by atoms with Crippen molar-refractivity contribution in [1.82, 2.24) is 4.90 Å². The third-order valence-corrected chi connectivity index (χ3v) is 4.34. The topological polar surface area (TPSA) is 66.8 Å². The fourth-order valence-electron chi connectivity index (χ4n) is 3.11. The SMILES string of the molecule is O=C(O)[C@@H]1Cc2ccccc2CN1C(=O)C[C@@H]1CCOC1. The zero-order chi connectivity index (χ0) is 14.8. The first-order chi connectivity index (χ1) is 10.1. The number of hydrogen-bond acceptors (Lipinski definition) is 3. The van der Waals surface area contributed by atoms with E-state index in [2.05, 4.69) is 0 Å². The lowest BCUT2D eigenvalue weighted by Crippen LogP contribution is -2.49. The van der Waals surface area contributed by atoms with E-state index in [-0.39, 0.29) is 11.8 Å². The summed E-state index contributed by atoms with van der Waals surface area (Å²) < 4.78 is 5.29. The zero-order valence-corrected chi connectivity index (χ0v) is 11.8. The van der Waals surface area contributed by atoms with E-state index in [0.29, 0.717) is 32.6 Å². The average molecular weight is 289 g/mol. The third-order valence-electron chi connectivity index (χ3n) is 4.34. The predicted octanol–water partition coefficient (Wildman–Crippen LogP) is 1.45. The largest absolute Gasteiger partial charge is 0.480 e. The Kier molecular flexibility index (Phi) is 3.92. The Balaban J connectivity index is 1.78. The van der Waals surface area contributed by atoms with Gasteiger partial charge in [0.05, 0.1) is 0 Å². The maximum Gasteiger partial charge on any atom is 0.326 e. The van der Waals surface area contributed by atoms with E-state index < -0.39 is 12.0 Å². The second-order valence-corrected chi connectivity index (χ2v) is 5.78. The standard InChI is InChI=1S/C16H19NO4/c18-15(7-11-5-6-21-10-11)17-9-13-4-2-1-3-12(13)8-14(17)16(19)20/h1-4,11,14H,5-10H2,(H,19,20)/t11-,14-/m0/s1. The number of amides is 1. The molecule has 2 aliphatic heterocycles. The number of carbonyl (C=O) groups excluding carboxylic acids is 1. The molecule has 2 atom stereocenters. The highest BCUT2D eigenvalue weighted by Crippen LogP contribution is 2.26. The van der Waals surface area contributed by atoms with Gasteiger partial charge in [-0.2, -0.15) is 0 Å². The molecule has 1 saturated heterocycles. The minimum absolute atomic E-state index is 0.0765. The normalized spacial score (nSPS) is 24.7. The second-order valence-electron chi connectivity index (χ2n) is 5.78. The third kappa shape index (κ3) is 2.93. The summed E-state index contributed by atoms with van der Waals surface area (Å²) >= 11 is 0. The van der Waals surface area contributed by atoms with Crippen LogP contribution in [0, 0.1) is 5.92 Å². The highest BCUT2D eigenvalue weighted by molar-refractivity contribution is 5.84. The molecule has 112 valence electrons. The summed E-state index contributed by atoms with van der Waals surface area (Å²) in [5.74, 6) is -0.781. The predicted molar refractivity (Wildman–Crippen MR) is 75.7 cm³/mol. The van der Waals surface area contributed by atoms with Gasteiger partial charge in [0.25, 0.3) is 0 Å². The molecule has 3 rings (SSSR count). The molecule has 21 heavy (non-hydrogen) atoms. The molecule has 1 amide bonds. The molecule has 0 aliphatic carbocycles. The van der Waals surface area contributed by atoms with E-state index in [1.165, 1.54) is 4.90 Å². The van der Waals surface area contributed by atoms with E-state index in [9.17, 15) is 14.7 Å². The van der Waals surface area contributed by atoms with Crippen molar-refractivity contribution in [2.24, 2.45) is 5.92 Å². The molecule has 0 unspecified atom stereocenters. The number of hydrogen-bond donors (Lipinski definition) is 1. The lowest BCUT2D eigenvalue weighted by molar-refractivity contribution is -0.151. The number of aliphatic carboxylic acids is 1. The van der Waals surface area contributed by atoms with Gasteiger partial charge in [0.15, 0.2) is 0 Å². The highest BCUT2D eigenvalue weighted by Gasteiger charge is 2.35. The van der Waals surface area contributed by atoms with Crippen LogP contribution in [0.25, 0.3) is 0 Å². The van der Waals surface area contributed by atoms with Crippen LogP contribution in [0.3, 0.4) is 0 Å². The molecule has 1 aromatic rings. The zero-order valence-electron chi connectivity index (χ0n) is 11.8. The molecule has 0 spiro atoms. The Hall–Kier alpha value is -1.88. The fourth-order valence-corrected chi connectivity index (χ4v) is 3.11. The van der Waals surface area contributed by atoms with Gasteiger partial charge in [0.2, 0.25) is 5.91 Å². The number of nitrogens with zero attached hydrogens (tertiary/aromatic N) is 1. The van der Waals surface area contributed by atoms with Crippen molar-refractivity contribution in [3.8, 4) is 0 Å². The van der Waals surface area contributed by atoms with Crippen molar-refractivity contribution in [2.45, 2.75) is 31.8 Å². The van der Waals surface area contributed by atoms with Gasteiger partial charge < -0.3 is 14.7 Å². The van der Waals surface area contributed by atoms with Crippen LogP contribution >= 0.6 is 0 Å². The summed E-state index contributed by atoms with van der Waals surface area (Å²) in [5, 5.41) is 9.43. The number of benzene rings is 1. The summed E-state index contributed by atoms with van der Waals surface area (Å²) in [6.45, 7) is 1.69. The van der Waals surface area contributed by atoms with E-state index in [1.54, 1.807) is 0 Å². The average Bonchev–Trinajstić information content (AvgIpc) is 2.98. The summed E-state index contributed by atoms with van der Waals surface area (Å²) in [6.07, 6.45) is 1.65. The van der Waals surface area contributed by atoms with E-state index in [1.807, 2.05) is 24.3 Å². The minimum Gasteiger partial charge on any atom is -0.480 e. The van der Waals surface area contributed by atoms with Gasteiger partial charge in [-0.1, -0.05) is 24.3 Å². The molecular weight excluding hydrogens is 270 g/mol. The van der Waals surface area contributed by atoms with Gasteiger partial charge in [-0.25, -0.2) is 4.79 Å². The maximum absolute atomic E-state index is 12.5. The smallest absolute Gasteiger partial charge is 0.326 e. The number of carboxylic acid groups (broad SMARTS) is 1. The fraction of sp³-hybridized carbons (Fsp3) is 0.500. The first-order valence-corrected chi connectivity index (χ1v) is 7.32. The monoisotopic (exact) mass is 289 g/mol. The molecular formula is C16H19NO4. The van der Waals surface area contributed by atoms with Crippen LogP contribution in [-0.2, 0) is 27.3 Å². The Morgan fingerprint density at radius 1 is 1.29 bits per heavy atom. The van der Waals surface area contributed by atoms with Gasteiger partial charge in [0.1, 0.15) is 6.04 Å². The quantitative estimate of drug-likeness (QED) is 0.914. The molecule has 1 N–H and O–H groups in total. The van der Waals surface area contributed by atoms with Gasteiger partial charge in [-0.15, -0.1) is 0 Å². The van der Waals surface area contributed by atoms with Crippen LogP contribution in [0.1, 0.15) is 24.0 Å². The Bertz CT molecular complexity index is 551. The van der Waals surface area contributed by atoms with Crippen molar-refractivity contribution in [3.05, 3.63) is 35.4 Å². The maximum atomic E-state index is 12.5. The van der Waals surface area contributed by atoms with Crippen LogP contribution in [0.4, 0.5) is 0 Å². The number of fused-ring (bicyclic) bond motifs is 1. The van der Waals surface area contributed by atoms with Crippen molar-refractivity contribution in [3.63, 3.8) is 0 Å². The Morgan fingerprint density at radius 3 is 2.71 bits per heavy atom. The van der Waals surface area contributed by atoms with Crippen LogP contribution in [-0.4, -0.2) is 41.1 Å². The lowest BCUT2D eigenvalue weighted by atomic mass is 9.93. The van der Waals surface area contributed by atoms with Crippen molar-refractivity contribution in [2.75, 3.05) is 13.2 Å². The molecule has 2 heterocycles. The first-order valence-electron chi connectivity index (χ1n) is 7.32. The highest BCUT2D eigenvalue weighted by atomic mass is 16.5. The summed E-state index contributed by atoms with van der Waals surface area (Å²) in [6, 6.07) is 6.98. The summed E-state index contributed by atoms with van der Waals surface area (Å²) in [5.41, 5.74) is 2.07. The molecule has 0 aromatic heterocycles. The number of carbonyl (C=O) groups is 2. The number of carboxylic acids is 1. The van der Waals surface area contributed by atoms with Crippen LogP contribution in [0.5, 0.6) is 0 Å². The minimum atomic E-state index is -0.930. The first kappa shape index (κ1) is 14.1. The Labute approximate surface area is 123 Å². The molecule has 5 heteroatoms. The second kappa shape index (κ2) is 5.85. The lowest BCUT2D eigenvalue weighted by Gasteiger charge is -2.35. The number of ether oxygens (including phenoxy) is 1. The molecule has 1 fully saturated rings. The van der Waals surface area contributed by atoms with Gasteiger partial charge >= 0.3 is 5.97 Å². The number of rotatable bonds is 3. The molecule has 2 aliphatic rings. The van der Waals surface area contributed by atoms with E-state index >= 15 is 0 Å². The molecule has 0 saturated carbocycles. The van der Waals surface area contributed by atoms with Crippen LogP contribution in [0.2, 0.25) is 0 Å². The van der Waals surface area contributed by atoms with E-state index in [0.717, 1.165) is 17.5 Å². The molecule has 0 radical (unpaired) electrons. The Morgan fingerprint density at radius 2 is 2.05 bits per heavy atom. The van der Waals surface area contributed by atoms with Crippen molar-refractivity contribution < 1.29 is 19.4 Å². The summed E-state index contributed by atoms with van der Waals surface area (Å²) in [7, 11) is 0. The van der Waals surface area contributed by atoms with Crippen molar-refractivity contribution >= 4 is 11.9 Å². The van der Waals surface area contributed by atoms with Crippen LogP contribution < -0.4 is 0 Å². The molecule has 0 bridgehead atoms. The van der Waals surface area contributed by atoms with Gasteiger partial charge in [-0.05, 0) is 23.5 Å². The van der Waals surface area contributed by atoms with E-state index in [4.69, 9.17) is 4.74 Å².